The summed E-state index contributed by atoms with van der Waals surface area (Å²) in [5, 5.41) is 9.35. The maximum Gasteiger partial charge on any atom is 0.244 e. The molecule has 0 unspecified atom stereocenters. The number of rotatable bonds is 8. The van der Waals surface area contributed by atoms with Crippen molar-refractivity contribution in [3.63, 3.8) is 0 Å². The normalized spacial score (nSPS) is 12.7. The summed E-state index contributed by atoms with van der Waals surface area (Å²) in [6.07, 6.45) is 0.290. The van der Waals surface area contributed by atoms with Crippen LogP contribution in [0.3, 0.4) is 0 Å². The summed E-state index contributed by atoms with van der Waals surface area (Å²) >= 11 is 5.87. The molecule has 0 spiro atoms. The van der Waals surface area contributed by atoms with Gasteiger partial charge in [0.05, 0.1) is 16.5 Å². The van der Waals surface area contributed by atoms with Crippen LogP contribution in [-0.4, -0.2) is 24.7 Å². The Kier molecular flexibility index (Phi) is 7.19. The van der Waals surface area contributed by atoms with Crippen molar-refractivity contribution >= 4 is 27.5 Å². The number of hydrogen-bond donors (Lipinski definition) is 1. The van der Waals surface area contributed by atoms with Gasteiger partial charge in [-0.25, -0.2) is 8.42 Å². The van der Waals surface area contributed by atoms with Crippen LogP contribution < -0.4 is 5.73 Å². The Morgan fingerprint density at radius 3 is 2.18 bits per heavy atom. The van der Waals surface area contributed by atoms with Crippen LogP contribution in [0.2, 0.25) is 5.02 Å². The van der Waals surface area contributed by atoms with Gasteiger partial charge in [0.15, 0.2) is 0 Å². The molecule has 0 aliphatic carbocycles. The van der Waals surface area contributed by atoms with Crippen molar-refractivity contribution in [3.8, 4) is 6.07 Å². The van der Waals surface area contributed by atoms with Gasteiger partial charge in [0.1, 0.15) is 6.04 Å². The first-order valence-corrected chi connectivity index (χ1v) is 10.5. The van der Waals surface area contributed by atoms with E-state index in [1.807, 2.05) is 19.9 Å². The first-order valence-electron chi connectivity index (χ1n) is 8.71. The molecule has 0 fully saturated rings. The standard InChI is InChI=1S/C20H22ClN3O3S/c1-14(2)11-19(20(23)25)24(13-16-5-3-15(12-22)4-6-16)28(26,27)18-9-7-17(21)8-10-18/h3-10,14,19H,11,13H2,1-2H3,(H2,23,25)/t19-/m1/s1. The Morgan fingerprint density at radius 1 is 1.14 bits per heavy atom. The quantitative estimate of drug-likeness (QED) is 0.708. The molecule has 0 aliphatic heterocycles. The van der Waals surface area contributed by atoms with Crippen molar-refractivity contribution in [3.05, 3.63) is 64.7 Å². The third kappa shape index (κ3) is 5.32. The van der Waals surface area contributed by atoms with E-state index in [-0.39, 0.29) is 17.4 Å². The van der Waals surface area contributed by atoms with Gasteiger partial charge < -0.3 is 5.73 Å². The van der Waals surface area contributed by atoms with Crippen LogP contribution in [0.15, 0.2) is 53.4 Å². The van der Waals surface area contributed by atoms with Crippen LogP contribution in [-0.2, 0) is 21.4 Å². The Labute approximate surface area is 170 Å². The molecule has 2 N–H and O–H groups in total. The van der Waals surface area contributed by atoms with Gasteiger partial charge in [-0.3, -0.25) is 4.79 Å². The second-order valence-corrected chi connectivity index (χ2v) is 9.19. The van der Waals surface area contributed by atoms with E-state index in [4.69, 9.17) is 22.6 Å². The lowest BCUT2D eigenvalue weighted by molar-refractivity contribution is -0.122. The molecule has 28 heavy (non-hydrogen) atoms. The fourth-order valence-electron chi connectivity index (χ4n) is 2.79. The van der Waals surface area contributed by atoms with Crippen LogP contribution in [0, 0.1) is 17.2 Å². The van der Waals surface area contributed by atoms with Crippen molar-refractivity contribution in [2.24, 2.45) is 11.7 Å². The van der Waals surface area contributed by atoms with Gasteiger partial charge in [-0.2, -0.15) is 9.57 Å². The van der Waals surface area contributed by atoms with Gasteiger partial charge in [0.25, 0.3) is 0 Å². The van der Waals surface area contributed by atoms with Crippen LogP contribution in [0.4, 0.5) is 0 Å². The molecular formula is C20H22ClN3O3S. The second kappa shape index (κ2) is 9.20. The highest BCUT2D eigenvalue weighted by Crippen LogP contribution is 2.25. The van der Waals surface area contributed by atoms with Crippen molar-refractivity contribution < 1.29 is 13.2 Å². The molecule has 6 nitrogen and oxygen atoms in total. The molecule has 1 atom stereocenters. The van der Waals surface area contributed by atoms with Crippen molar-refractivity contribution in [1.82, 2.24) is 4.31 Å². The molecule has 2 rings (SSSR count). The Bertz CT molecular complexity index is 965. The summed E-state index contributed by atoms with van der Waals surface area (Å²) in [5.41, 5.74) is 6.68. The van der Waals surface area contributed by atoms with E-state index in [2.05, 4.69) is 0 Å². The van der Waals surface area contributed by atoms with Crippen LogP contribution in [0.25, 0.3) is 0 Å². The van der Waals surface area contributed by atoms with E-state index in [0.717, 1.165) is 4.31 Å². The maximum absolute atomic E-state index is 13.3. The fourth-order valence-corrected chi connectivity index (χ4v) is 4.51. The van der Waals surface area contributed by atoms with E-state index < -0.39 is 22.0 Å². The number of halogens is 1. The second-order valence-electron chi connectivity index (χ2n) is 6.86. The summed E-state index contributed by atoms with van der Waals surface area (Å²) in [7, 11) is -4.01. The predicted octanol–water partition coefficient (Wildman–Crippen LogP) is 3.30. The third-order valence-corrected chi connectivity index (χ3v) is 6.33. The molecule has 148 valence electrons. The molecule has 0 aliphatic rings. The van der Waals surface area contributed by atoms with Gasteiger partial charge in [-0.15, -0.1) is 0 Å². The summed E-state index contributed by atoms with van der Waals surface area (Å²) in [5.74, 6) is -0.652. The predicted molar refractivity (Wildman–Crippen MR) is 108 cm³/mol. The highest BCUT2D eigenvalue weighted by atomic mass is 35.5. The minimum Gasteiger partial charge on any atom is -0.368 e. The number of carbonyl (C=O) groups is 1. The maximum atomic E-state index is 13.3. The van der Waals surface area contributed by atoms with E-state index in [1.54, 1.807) is 24.3 Å². The lowest BCUT2D eigenvalue weighted by atomic mass is 10.0. The zero-order valence-electron chi connectivity index (χ0n) is 15.7. The molecule has 0 bridgehead atoms. The molecule has 0 aromatic heterocycles. The number of carbonyl (C=O) groups excluding carboxylic acids is 1. The first-order chi connectivity index (χ1) is 13.1. The molecule has 0 heterocycles. The lowest BCUT2D eigenvalue weighted by Gasteiger charge is -2.30. The molecule has 0 saturated heterocycles. The average molecular weight is 420 g/mol. The highest BCUT2D eigenvalue weighted by molar-refractivity contribution is 7.89. The monoisotopic (exact) mass is 419 g/mol. The van der Waals surface area contributed by atoms with Gasteiger partial charge >= 0.3 is 0 Å². The Morgan fingerprint density at radius 2 is 1.71 bits per heavy atom. The molecule has 1 amide bonds. The summed E-state index contributed by atoms with van der Waals surface area (Å²) in [4.78, 5) is 12.2. The number of nitriles is 1. The van der Waals surface area contributed by atoms with E-state index >= 15 is 0 Å². The highest BCUT2D eigenvalue weighted by Gasteiger charge is 2.35. The molecule has 0 radical (unpaired) electrons. The first kappa shape index (κ1) is 21.9. The van der Waals surface area contributed by atoms with Gasteiger partial charge in [0, 0.05) is 11.6 Å². The van der Waals surface area contributed by atoms with E-state index in [9.17, 15) is 13.2 Å². The van der Waals surface area contributed by atoms with Gasteiger partial charge in [0.2, 0.25) is 15.9 Å². The van der Waals surface area contributed by atoms with E-state index in [0.29, 0.717) is 22.6 Å². The average Bonchev–Trinajstić information content (AvgIpc) is 2.65. The van der Waals surface area contributed by atoms with Gasteiger partial charge in [-0.05, 0) is 54.3 Å². The number of sulfonamides is 1. The lowest BCUT2D eigenvalue weighted by Crippen LogP contribution is -2.48. The minimum atomic E-state index is -4.01. The number of nitrogens with zero attached hydrogens (tertiary/aromatic N) is 2. The zero-order chi connectivity index (χ0) is 20.9. The van der Waals surface area contributed by atoms with E-state index in [1.165, 1.54) is 24.3 Å². The third-order valence-electron chi connectivity index (χ3n) is 4.21. The van der Waals surface area contributed by atoms with Crippen LogP contribution in [0.1, 0.15) is 31.4 Å². The van der Waals surface area contributed by atoms with Crippen molar-refractivity contribution in [2.75, 3.05) is 0 Å². The number of nitrogens with two attached hydrogens (primary N) is 1. The molecule has 2 aromatic rings. The number of hydrogen-bond acceptors (Lipinski definition) is 4. The zero-order valence-corrected chi connectivity index (χ0v) is 17.2. The molecular weight excluding hydrogens is 398 g/mol. The van der Waals surface area contributed by atoms with Crippen LogP contribution in [0.5, 0.6) is 0 Å². The Balaban J connectivity index is 2.51. The Hall–Kier alpha value is -2.40. The van der Waals surface area contributed by atoms with Gasteiger partial charge in [-0.1, -0.05) is 37.6 Å². The summed E-state index contributed by atoms with van der Waals surface area (Å²) in [6, 6.07) is 13.3. The molecule has 8 heteroatoms. The molecule has 0 saturated carbocycles. The van der Waals surface area contributed by atoms with Crippen LogP contribution >= 0.6 is 11.6 Å². The topological polar surface area (TPSA) is 104 Å². The van der Waals surface area contributed by atoms with Crippen molar-refractivity contribution in [1.29, 1.82) is 5.26 Å². The fraction of sp³-hybridized carbons (Fsp3) is 0.300. The summed E-state index contributed by atoms with van der Waals surface area (Å²) < 4.78 is 27.8. The minimum absolute atomic E-state index is 0.0283. The number of primary amides is 1. The largest absolute Gasteiger partial charge is 0.368 e. The smallest absolute Gasteiger partial charge is 0.244 e. The summed E-state index contributed by atoms with van der Waals surface area (Å²) in [6.45, 7) is 3.74. The SMILES string of the molecule is CC(C)C[C@H](C(N)=O)N(Cc1ccc(C#N)cc1)S(=O)(=O)c1ccc(Cl)cc1. The number of amides is 1. The molecule has 2 aromatic carbocycles. The number of benzene rings is 2. The van der Waals surface area contributed by atoms with Crippen molar-refractivity contribution in [2.45, 2.75) is 37.8 Å².